The highest BCUT2D eigenvalue weighted by atomic mass is 32.1. The molecule has 0 atom stereocenters. The fourth-order valence-electron chi connectivity index (χ4n) is 2.64. The Labute approximate surface area is 178 Å². The molecule has 1 aromatic carbocycles. The maximum Gasteiger partial charge on any atom is 0.434 e. The molecule has 30 heavy (non-hydrogen) atoms. The average molecular weight is 445 g/mol. The molecule has 0 spiro atoms. The van der Waals surface area contributed by atoms with Crippen LogP contribution in [0.15, 0.2) is 28.6 Å². The van der Waals surface area contributed by atoms with Gasteiger partial charge in [-0.05, 0) is 38.0 Å². The molecule has 0 bridgehead atoms. The Balaban J connectivity index is 1.79. The normalized spacial score (nSPS) is 12.0. The fourth-order valence-corrected chi connectivity index (χ4v) is 3.45. The summed E-state index contributed by atoms with van der Waals surface area (Å²) < 4.78 is 49.0. The van der Waals surface area contributed by atoms with E-state index in [-0.39, 0.29) is 0 Å². The molecule has 0 saturated carbocycles. The average Bonchev–Trinajstić information content (AvgIpc) is 3.18. The van der Waals surface area contributed by atoms with Crippen LogP contribution in [0.3, 0.4) is 0 Å². The highest BCUT2D eigenvalue weighted by Gasteiger charge is 2.33. The second-order valence-corrected chi connectivity index (χ2v) is 7.14. The first kappa shape index (κ1) is 23.8. The monoisotopic (exact) mass is 444 g/mol. The molecule has 0 fully saturated rings. The maximum absolute atomic E-state index is 12.6. The molecule has 2 aromatic rings. The summed E-state index contributed by atoms with van der Waals surface area (Å²) in [7, 11) is 1.64. The number of hydrogen-bond donors (Lipinski definition) is 2. The van der Waals surface area contributed by atoms with Crippen LogP contribution < -0.4 is 20.1 Å². The predicted octanol–water partition coefficient (Wildman–Crippen LogP) is 3.91. The van der Waals surface area contributed by atoms with E-state index in [0.717, 1.165) is 40.2 Å². The smallest absolute Gasteiger partial charge is 0.434 e. The molecule has 6 nitrogen and oxygen atoms in total. The van der Waals surface area contributed by atoms with Gasteiger partial charge in [0, 0.05) is 31.9 Å². The van der Waals surface area contributed by atoms with Gasteiger partial charge in [0.1, 0.15) is 0 Å². The quantitative estimate of drug-likeness (QED) is 0.430. The zero-order valence-electron chi connectivity index (χ0n) is 17.3. The summed E-state index contributed by atoms with van der Waals surface area (Å²) in [6, 6.07) is 5.86. The van der Waals surface area contributed by atoms with E-state index >= 15 is 0 Å². The van der Waals surface area contributed by atoms with E-state index in [0.29, 0.717) is 43.7 Å². The molecule has 2 N–H and O–H groups in total. The molecular weight excluding hydrogens is 417 g/mol. The van der Waals surface area contributed by atoms with E-state index in [1.165, 1.54) is 0 Å². The van der Waals surface area contributed by atoms with Crippen LogP contribution in [0.2, 0.25) is 0 Å². The number of guanidine groups is 1. The molecule has 0 aliphatic heterocycles. The predicted molar refractivity (Wildman–Crippen MR) is 113 cm³/mol. The van der Waals surface area contributed by atoms with Crippen LogP contribution in [-0.2, 0) is 19.0 Å². The van der Waals surface area contributed by atoms with Gasteiger partial charge < -0.3 is 20.1 Å². The molecule has 1 aromatic heterocycles. The van der Waals surface area contributed by atoms with Crippen LogP contribution in [-0.4, -0.2) is 44.3 Å². The lowest BCUT2D eigenvalue weighted by molar-refractivity contribution is -0.140. The standard InChI is InChI=1S/C20H27F3N4O2S/c1-4-28-15-7-6-14(12-16(15)29-5-2)8-10-25-19(24-3)26-11-9-18-27-17(13-30-18)20(21,22)23/h6-7,12-13H,4-5,8-11H2,1-3H3,(H2,24,25,26). The molecular formula is C20H27F3N4O2S. The zero-order chi connectivity index (χ0) is 22.0. The van der Waals surface area contributed by atoms with Gasteiger partial charge in [-0.1, -0.05) is 6.07 Å². The molecule has 2 rings (SSSR count). The largest absolute Gasteiger partial charge is 0.490 e. The van der Waals surface area contributed by atoms with Gasteiger partial charge in [0.25, 0.3) is 0 Å². The Hall–Kier alpha value is -2.49. The van der Waals surface area contributed by atoms with Gasteiger partial charge in [-0.3, -0.25) is 4.99 Å². The summed E-state index contributed by atoms with van der Waals surface area (Å²) in [6.45, 7) is 6.05. The van der Waals surface area contributed by atoms with Gasteiger partial charge in [-0.15, -0.1) is 11.3 Å². The van der Waals surface area contributed by atoms with Crippen molar-refractivity contribution >= 4 is 17.3 Å². The summed E-state index contributed by atoms with van der Waals surface area (Å²) in [5.74, 6) is 2.03. The molecule has 1 heterocycles. The molecule has 166 valence electrons. The number of hydrogen-bond acceptors (Lipinski definition) is 5. The second-order valence-electron chi connectivity index (χ2n) is 6.20. The third kappa shape index (κ3) is 7.40. The van der Waals surface area contributed by atoms with Crippen molar-refractivity contribution in [3.63, 3.8) is 0 Å². The Morgan fingerprint density at radius 1 is 1.07 bits per heavy atom. The number of nitrogens with one attached hydrogen (secondary N) is 2. The van der Waals surface area contributed by atoms with Crippen LogP contribution in [0.5, 0.6) is 11.5 Å². The minimum atomic E-state index is -4.40. The lowest BCUT2D eigenvalue weighted by atomic mass is 10.1. The number of aromatic nitrogens is 1. The Bertz CT molecular complexity index is 825. The third-order valence-corrected chi connectivity index (χ3v) is 4.92. The number of nitrogens with zero attached hydrogens (tertiary/aromatic N) is 2. The number of aliphatic imine (C=N–C) groups is 1. The molecule has 0 aliphatic carbocycles. The summed E-state index contributed by atoms with van der Waals surface area (Å²) in [4.78, 5) is 7.75. The van der Waals surface area contributed by atoms with Crippen molar-refractivity contribution < 1.29 is 22.6 Å². The maximum atomic E-state index is 12.6. The van der Waals surface area contributed by atoms with Crippen molar-refractivity contribution in [3.8, 4) is 11.5 Å². The van der Waals surface area contributed by atoms with E-state index in [2.05, 4.69) is 20.6 Å². The first-order valence-electron chi connectivity index (χ1n) is 9.72. The van der Waals surface area contributed by atoms with Crippen molar-refractivity contribution in [2.45, 2.75) is 32.9 Å². The first-order chi connectivity index (χ1) is 14.4. The van der Waals surface area contributed by atoms with Gasteiger partial charge in [-0.2, -0.15) is 13.2 Å². The van der Waals surface area contributed by atoms with Crippen LogP contribution in [0.25, 0.3) is 0 Å². The number of benzene rings is 1. The van der Waals surface area contributed by atoms with Crippen molar-refractivity contribution in [1.82, 2.24) is 15.6 Å². The van der Waals surface area contributed by atoms with Gasteiger partial charge in [-0.25, -0.2) is 4.98 Å². The fraction of sp³-hybridized carbons (Fsp3) is 0.500. The minimum Gasteiger partial charge on any atom is -0.490 e. The van der Waals surface area contributed by atoms with E-state index in [1.807, 2.05) is 32.0 Å². The van der Waals surface area contributed by atoms with E-state index in [1.54, 1.807) is 7.05 Å². The van der Waals surface area contributed by atoms with E-state index < -0.39 is 11.9 Å². The van der Waals surface area contributed by atoms with Crippen LogP contribution in [0, 0.1) is 0 Å². The number of thiazole rings is 1. The number of ether oxygens (including phenoxy) is 2. The SMILES string of the molecule is CCOc1ccc(CCNC(=NC)NCCc2nc(C(F)(F)F)cs2)cc1OCC. The third-order valence-electron chi connectivity index (χ3n) is 4.01. The molecule has 0 amide bonds. The highest BCUT2D eigenvalue weighted by Crippen LogP contribution is 2.30. The van der Waals surface area contributed by atoms with Crippen molar-refractivity contribution in [2.24, 2.45) is 4.99 Å². The first-order valence-corrected chi connectivity index (χ1v) is 10.6. The van der Waals surface area contributed by atoms with Gasteiger partial charge in [0.05, 0.1) is 18.2 Å². The number of halogens is 3. The van der Waals surface area contributed by atoms with Gasteiger partial charge in [0.2, 0.25) is 0 Å². The van der Waals surface area contributed by atoms with Crippen LogP contribution in [0.4, 0.5) is 13.2 Å². The summed E-state index contributed by atoms with van der Waals surface area (Å²) in [5, 5.41) is 7.75. The highest BCUT2D eigenvalue weighted by molar-refractivity contribution is 7.09. The van der Waals surface area contributed by atoms with E-state index in [9.17, 15) is 13.2 Å². The Kier molecular flexibility index (Phi) is 9.22. The minimum absolute atomic E-state index is 0.387. The van der Waals surface area contributed by atoms with Crippen LogP contribution in [0.1, 0.15) is 30.1 Å². The summed E-state index contributed by atoms with van der Waals surface area (Å²) in [6.07, 6.45) is -3.27. The van der Waals surface area contributed by atoms with Crippen molar-refractivity contribution in [2.75, 3.05) is 33.4 Å². The van der Waals surface area contributed by atoms with E-state index in [4.69, 9.17) is 9.47 Å². The second kappa shape index (κ2) is 11.6. The zero-order valence-corrected chi connectivity index (χ0v) is 18.1. The molecule has 0 saturated heterocycles. The van der Waals surface area contributed by atoms with Gasteiger partial charge >= 0.3 is 6.18 Å². The lowest BCUT2D eigenvalue weighted by Crippen LogP contribution is -2.39. The topological polar surface area (TPSA) is 67.8 Å². The van der Waals surface area contributed by atoms with Gasteiger partial charge in [0.15, 0.2) is 23.2 Å². The Morgan fingerprint density at radius 2 is 1.73 bits per heavy atom. The van der Waals surface area contributed by atoms with Crippen molar-refractivity contribution in [1.29, 1.82) is 0 Å². The molecule has 0 radical (unpaired) electrons. The molecule has 0 unspecified atom stereocenters. The number of alkyl halides is 3. The molecule has 0 aliphatic rings. The van der Waals surface area contributed by atoms with Crippen LogP contribution >= 0.6 is 11.3 Å². The molecule has 10 heteroatoms. The lowest BCUT2D eigenvalue weighted by Gasteiger charge is -2.14. The Morgan fingerprint density at radius 3 is 2.33 bits per heavy atom. The summed E-state index contributed by atoms with van der Waals surface area (Å²) >= 11 is 1.01. The van der Waals surface area contributed by atoms with Crippen molar-refractivity contribution in [3.05, 3.63) is 39.8 Å². The summed E-state index contributed by atoms with van der Waals surface area (Å²) in [5.41, 5.74) is 0.249. The number of rotatable bonds is 10.